The van der Waals surface area contributed by atoms with Gasteiger partial charge < -0.3 is 20.4 Å². The molecule has 0 atom stereocenters. The van der Waals surface area contributed by atoms with Crippen LogP contribution in [0.1, 0.15) is 0 Å². The molecule has 0 saturated carbocycles. The molecule has 0 aliphatic rings. The predicted molar refractivity (Wildman–Crippen MR) is 48.5 cm³/mol. The molecule has 0 aromatic rings. The Labute approximate surface area is 80.8 Å². The molecule has 3 N–H and O–H groups in total. The normalized spacial score (nSPS) is 8.43. The van der Waals surface area contributed by atoms with E-state index in [1.54, 1.807) is 0 Å². The predicted octanol–water partition coefficient (Wildman–Crippen LogP) is -0.665. The lowest BCUT2D eigenvalue weighted by Crippen LogP contribution is -2.11. The number of ether oxygens (including phenoxy) is 1. The molecule has 0 fully saturated rings. The number of primary amides is 1. The first-order valence-electron chi connectivity index (χ1n) is 3.27. The average Bonchev–Trinajstić information content (AvgIpc) is 2.14. The zero-order valence-electron chi connectivity index (χ0n) is 7.89. The molecule has 0 rings (SSSR count). The number of nitrogens with two attached hydrogens (primary N) is 1. The smallest absolute Gasteiger partial charge is 0.370 e. The van der Waals surface area contributed by atoms with Gasteiger partial charge in [0.05, 0.1) is 7.11 Å². The van der Waals surface area contributed by atoms with Crippen molar-refractivity contribution < 1.29 is 24.3 Å². The van der Waals surface area contributed by atoms with Gasteiger partial charge in [0.25, 0.3) is 5.91 Å². The maximum absolute atomic E-state index is 9.75. The van der Waals surface area contributed by atoms with E-state index in [0.29, 0.717) is 0 Å². The first-order chi connectivity index (χ1) is 6.45. The molecule has 7 heteroatoms. The Balaban J connectivity index is 0. The van der Waals surface area contributed by atoms with Gasteiger partial charge in [-0.15, -0.1) is 0 Å². The van der Waals surface area contributed by atoms with Crippen molar-refractivity contribution in [3.05, 3.63) is 12.3 Å². The molecule has 0 heterocycles. The molecule has 0 bridgehead atoms. The van der Waals surface area contributed by atoms with Crippen molar-refractivity contribution in [1.29, 1.82) is 0 Å². The number of aliphatic carboxylic acids is 1. The summed E-state index contributed by atoms with van der Waals surface area (Å²) in [6.07, 6.45) is 0.889. The van der Waals surface area contributed by atoms with E-state index in [2.05, 4.69) is 27.0 Å². The van der Waals surface area contributed by atoms with Gasteiger partial charge in [-0.05, 0) is 6.58 Å². The Kier molecular flexibility index (Phi) is 9.35. The third-order valence-corrected chi connectivity index (χ3v) is 0.770. The molecular formula is C7H12N2O5. The summed E-state index contributed by atoms with van der Waals surface area (Å²) in [4.78, 5) is 23.6. The Bertz CT molecular complexity index is 236. The first kappa shape index (κ1) is 14.5. The van der Waals surface area contributed by atoms with E-state index in [0.717, 1.165) is 6.21 Å². The number of amides is 1. The van der Waals surface area contributed by atoms with E-state index in [1.165, 1.54) is 14.2 Å². The number of methoxy groups -OCH3 is 1. The second-order valence-corrected chi connectivity index (χ2v) is 1.75. The minimum Gasteiger partial charge on any atom is -0.490 e. The topological polar surface area (TPSA) is 111 Å². The van der Waals surface area contributed by atoms with Crippen LogP contribution < -0.4 is 5.73 Å². The summed E-state index contributed by atoms with van der Waals surface area (Å²) in [5.74, 6) is -1.97. The molecule has 0 aliphatic carbocycles. The molecule has 0 spiro atoms. The molecule has 0 aromatic carbocycles. The number of carbonyl (C=O) groups excluding carboxylic acids is 1. The Morgan fingerprint density at radius 3 is 2.07 bits per heavy atom. The quantitative estimate of drug-likeness (QED) is 0.273. The zero-order chi connectivity index (χ0) is 11.6. The highest BCUT2D eigenvalue weighted by molar-refractivity contribution is 6.25. The largest absolute Gasteiger partial charge is 0.490 e. The lowest BCUT2D eigenvalue weighted by molar-refractivity contribution is -0.136. The van der Waals surface area contributed by atoms with Crippen molar-refractivity contribution in [2.75, 3.05) is 14.2 Å². The molecule has 0 radical (unpaired) electrons. The molecule has 1 amide bonds. The maximum Gasteiger partial charge on any atom is 0.370 e. The third-order valence-electron chi connectivity index (χ3n) is 0.770. The number of carbonyl (C=O) groups is 2. The number of rotatable bonds is 4. The highest BCUT2D eigenvalue weighted by Gasteiger charge is 1.98. The van der Waals surface area contributed by atoms with Gasteiger partial charge in [0, 0.05) is 0 Å². The SMILES string of the molecule is C=C(OC)C(=O)O.CON=CC(N)=O. The zero-order valence-corrected chi connectivity index (χ0v) is 7.89. The van der Waals surface area contributed by atoms with Gasteiger partial charge in [0.1, 0.15) is 13.3 Å². The molecule has 7 nitrogen and oxygen atoms in total. The van der Waals surface area contributed by atoms with Gasteiger partial charge in [0.2, 0.25) is 0 Å². The lowest BCUT2D eigenvalue weighted by Gasteiger charge is -1.92. The molecule has 80 valence electrons. The van der Waals surface area contributed by atoms with Gasteiger partial charge in [0.15, 0.2) is 5.76 Å². The fourth-order valence-electron chi connectivity index (χ4n) is 0.192. The fraction of sp³-hybridized carbons (Fsp3) is 0.286. The Morgan fingerprint density at radius 2 is 2.00 bits per heavy atom. The minimum absolute atomic E-state index is 0.236. The standard InChI is InChI=1S/C4H6O3.C3H6N2O2/c1-3(7-2)4(5)6;1-7-5-2-3(4)6/h1H2,2H3,(H,5,6);2H,1H3,(H2,4,6). The van der Waals surface area contributed by atoms with E-state index in [1.807, 2.05) is 0 Å². The van der Waals surface area contributed by atoms with Crippen molar-refractivity contribution in [1.82, 2.24) is 0 Å². The molecule has 14 heavy (non-hydrogen) atoms. The molecule has 0 saturated heterocycles. The maximum atomic E-state index is 9.75. The van der Waals surface area contributed by atoms with Crippen molar-refractivity contribution in [3.8, 4) is 0 Å². The number of hydrogen-bond acceptors (Lipinski definition) is 5. The number of carboxylic acid groups (broad SMARTS) is 1. The molecular weight excluding hydrogens is 192 g/mol. The summed E-state index contributed by atoms with van der Waals surface area (Å²) in [6.45, 7) is 3.05. The number of carboxylic acids is 1. The van der Waals surface area contributed by atoms with E-state index >= 15 is 0 Å². The van der Waals surface area contributed by atoms with E-state index in [4.69, 9.17) is 5.11 Å². The third kappa shape index (κ3) is 12.6. The number of nitrogens with zero attached hydrogens (tertiary/aromatic N) is 1. The van der Waals surface area contributed by atoms with Crippen LogP contribution in [0.3, 0.4) is 0 Å². The molecule has 0 aromatic heterocycles. The van der Waals surface area contributed by atoms with Gasteiger partial charge in [-0.25, -0.2) is 4.79 Å². The van der Waals surface area contributed by atoms with E-state index < -0.39 is 11.9 Å². The average molecular weight is 204 g/mol. The highest BCUT2D eigenvalue weighted by Crippen LogP contribution is 1.86. The summed E-state index contributed by atoms with van der Waals surface area (Å²) in [7, 11) is 2.59. The Morgan fingerprint density at radius 1 is 1.50 bits per heavy atom. The van der Waals surface area contributed by atoms with Gasteiger partial charge >= 0.3 is 5.97 Å². The monoisotopic (exact) mass is 204 g/mol. The fourth-order valence-corrected chi connectivity index (χ4v) is 0.192. The van der Waals surface area contributed by atoms with Crippen LogP contribution in [0.15, 0.2) is 17.5 Å². The van der Waals surface area contributed by atoms with Crippen LogP contribution in [0.2, 0.25) is 0 Å². The summed E-state index contributed by atoms with van der Waals surface area (Å²) in [5, 5.41) is 11.0. The van der Waals surface area contributed by atoms with Crippen molar-refractivity contribution in [3.63, 3.8) is 0 Å². The minimum atomic E-state index is -1.12. The van der Waals surface area contributed by atoms with Crippen LogP contribution in [0.25, 0.3) is 0 Å². The summed E-state index contributed by atoms with van der Waals surface area (Å²) in [6, 6.07) is 0. The van der Waals surface area contributed by atoms with Crippen LogP contribution in [-0.2, 0) is 19.2 Å². The number of oxime groups is 1. The van der Waals surface area contributed by atoms with Crippen LogP contribution in [-0.4, -0.2) is 37.4 Å². The van der Waals surface area contributed by atoms with Gasteiger partial charge in [-0.3, -0.25) is 4.79 Å². The summed E-state index contributed by atoms with van der Waals surface area (Å²) in [5.41, 5.74) is 4.61. The summed E-state index contributed by atoms with van der Waals surface area (Å²) >= 11 is 0. The molecule has 0 aliphatic heterocycles. The first-order valence-corrected chi connectivity index (χ1v) is 3.27. The lowest BCUT2D eigenvalue weighted by atomic mass is 10.6. The molecule has 0 unspecified atom stereocenters. The van der Waals surface area contributed by atoms with Crippen LogP contribution >= 0.6 is 0 Å². The van der Waals surface area contributed by atoms with Crippen LogP contribution in [0.5, 0.6) is 0 Å². The second-order valence-electron chi connectivity index (χ2n) is 1.75. The van der Waals surface area contributed by atoms with Crippen molar-refractivity contribution >= 4 is 18.1 Å². The van der Waals surface area contributed by atoms with Crippen LogP contribution in [0.4, 0.5) is 0 Å². The highest BCUT2D eigenvalue weighted by atomic mass is 16.6. The second kappa shape index (κ2) is 9.04. The van der Waals surface area contributed by atoms with Gasteiger partial charge in [-0.1, -0.05) is 5.16 Å². The van der Waals surface area contributed by atoms with Crippen molar-refractivity contribution in [2.45, 2.75) is 0 Å². The Hall–Kier alpha value is -2.05. The van der Waals surface area contributed by atoms with Crippen LogP contribution in [0, 0.1) is 0 Å². The van der Waals surface area contributed by atoms with Crippen molar-refractivity contribution in [2.24, 2.45) is 10.9 Å². The van der Waals surface area contributed by atoms with E-state index in [9.17, 15) is 9.59 Å². The number of hydrogen-bond donors (Lipinski definition) is 2. The van der Waals surface area contributed by atoms with E-state index in [-0.39, 0.29) is 5.76 Å². The summed E-state index contributed by atoms with van der Waals surface area (Å²) < 4.78 is 4.22. The van der Waals surface area contributed by atoms with Gasteiger partial charge in [-0.2, -0.15) is 0 Å².